The molecule has 25 heavy (non-hydrogen) atoms. The van der Waals surface area contributed by atoms with Gasteiger partial charge in [0.1, 0.15) is 6.04 Å². The molecule has 0 bridgehead atoms. The zero-order valence-electron chi connectivity index (χ0n) is 14.6. The fraction of sp³-hybridized carbons (Fsp3) is 0.500. The van der Waals surface area contributed by atoms with Gasteiger partial charge in [-0.1, -0.05) is 18.2 Å². The van der Waals surface area contributed by atoms with Crippen molar-refractivity contribution >= 4 is 35.2 Å². The van der Waals surface area contributed by atoms with Gasteiger partial charge in [0.25, 0.3) is 5.91 Å². The van der Waals surface area contributed by atoms with Crippen LogP contribution in [0.2, 0.25) is 0 Å². The smallest absolute Gasteiger partial charge is 0.330 e. The van der Waals surface area contributed by atoms with Crippen molar-refractivity contribution < 1.29 is 19.1 Å². The molecule has 0 saturated carbocycles. The number of anilines is 1. The number of thioether (sulfide) groups is 1. The number of esters is 1. The van der Waals surface area contributed by atoms with Crippen LogP contribution in [0.25, 0.3) is 0 Å². The number of amides is 2. The van der Waals surface area contributed by atoms with Crippen LogP contribution in [0.1, 0.15) is 32.3 Å². The zero-order chi connectivity index (χ0) is 18.2. The third-order valence-corrected chi connectivity index (χ3v) is 6.29. The molecule has 7 heteroatoms. The highest BCUT2D eigenvalue weighted by Crippen LogP contribution is 2.47. The van der Waals surface area contributed by atoms with E-state index in [4.69, 9.17) is 4.74 Å². The quantitative estimate of drug-likeness (QED) is 0.832. The van der Waals surface area contributed by atoms with Gasteiger partial charge in [0, 0.05) is 17.9 Å². The van der Waals surface area contributed by atoms with Gasteiger partial charge in [-0.15, -0.1) is 11.8 Å². The topological polar surface area (TPSA) is 75.7 Å². The van der Waals surface area contributed by atoms with Crippen LogP contribution in [-0.2, 0) is 19.1 Å². The third-order valence-electron chi connectivity index (χ3n) is 4.78. The molecule has 0 aliphatic carbocycles. The molecule has 1 aromatic rings. The lowest BCUT2D eigenvalue weighted by Crippen LogP contribution is -2.48. The minimum Gasteiger partial charge on any atom is -0.451 e. The first-order valence-corrected chi connectivity index (χ1v) is 9.33. The van der Waals surface area contributed by atoms with Gasteiger partial charge in [0.15, 0.2) is 6.10 Å². The number of ether oxygens (including phenoxy) is 1. The van der Waals surface area contributed by atoms with Gasteiger partial charge < -0.3 is 15.0 Å². The molecule has 6 nitrogen and oxygen atoms in total. The van der Waals surface area contributed by atoms with Crippen LogP contribution < -0.4 is 5.32 Å². The van der Waals surface area contributed by atoms with E-state index >= 15 is 0 Å². The van der Waals surface area contributed by atoms with Crippen LogP contribution >= 0.6 is 11.8 Å². The lowest BCUT2D eigenvalue weighted by atomic mass is 10.2. The van der Waals surface area contributed by atoms with Crippen molar-refractivity contribution in [1.82, 2.24) is 4.90 Å². The number of para-hydroxylation sites is 1. The molecule has 2 fully saturated rings. The van der Waals surface area contributed by atoms with E-state index in [2.05, 4.69) is 5.32 Å². The molecular formula is C18H22N2O4S. The summed E-state index contributed by atoms with van der Waals surface area (Å²) in [5.41, 5.74) is 1.62. The van der Waals surface area contributed by atoms with E-state index in [0.29, 0.717) is 17.9 Å². The number of benzene rings is 1. The molecule has 2 saturated heterocycles. The van der Waals surface area contributed by atoms with E-state index in [1.807, 2.05) is 32.0 Å². The molecule has 0 spiro atoms. The third kappa shape index (κ3) is 3.38. The van der Waals surface area contributed by atoms with Crippen LogP contribution in [0.4, 0.5) is 5.69 Å². The number of hydrogen-bond donors (Lipinski definition) is 1. The summed E-state index contributed by atoms with van der Waals surface area (Å²) in [4.78, 5) is 38.2. The van der Waals surface area contributed by atoms with Gasteiger partial charge in [-0.25, -0.2) is 4.79 Å². The van der Waals surface area contributed by atoms with Crippen molar-refractivity contribution in [2.75, 3.05) is 11.1 Å². The molecule has 3 unspecified atom stereocenters. The molecular weight excluding hydrogens is 340 g/mol. The highest BCUT2D eigenvalue weighted by Gasteiger charge is 2.53. The van der Waals surface area contributed by atoms with Crippen LogP contribution in [0.5, 0.6) is 0 Å². The zero-order valence-corrected chi connectivity index (χ0v) is 15.4. The second kappa shape index (κ2) is 6.71. The molecule has 3 rings (SSSR count). The molecule has 2 aliphatic heterocycles. The summed E-state index contributed by atoms with van der Waals surface area (Å²) in [5, 5.41) is 2.77. The highest BCUT2D eigenvalue weighted by atomic mass is 32.2. The second-order valence-electron chi connectivity index (χ2n) is 6.65. The summed E-state index contributed by atoms with van der Waals surface area (Å²) >= 11 is 1.60. The lowest BCUT2D eigenvalue weighted by Gasteiger charge is -2.29. The van der Waals surface area contributed by atoms with Gasteiger partial charge in [-0.3, -0.25) is 9.59 Å². The monoisotopic (exact) mass is 362 g/mol. The number of carbonyl (C=O) groups excluding carboxylic acids is 3. The molecule has 0 radical (unpaired) electrons. The number of nitrogens with zero attached hydrogens (tertiary/aromatic N) is 1. The van der Waals surface area contributed by atoms with E-state index < -0.39 is 18.1 Å². The molecule has 2 aliphatic rings. The van der Waals surface area contributed by atoms with Crippen molar-refractivity contribution in [3.05, 3.63) is 29.8 Å². The first kappa shape index (κ1) is 17.8. The minimum absolute atomic E-state index is 0.0218. The number of rotatable bonds is 4. The second-order valence-corrected chi connectivity index (χ2v) is 8.15. The Morgan fingerprint density at radius 1 is 1.40 bits per heavy atom. The summed E-state index contributed by atoms with van der Waals surface area (Å²) in [6.07, 6.45) is 0.266. The van der Waals surface area contributed by atoms with E-state index in [1.54, 1.807) is 29.7 Å². The highest BCUT2D eigenvalue weighted by molar-refractivity contribution is 8.01. The Kier molecular flexibility index (Phi) is 4.77. The number of aryl methyl sites for hydroxylation is 1. The Labute approximate surface area is 151 Å². The van der Waals surface area contributed by atoms with Crippen molar-refractivity contribution in [2.24, 2.45) is 0 Å². The molecule has 2 heterocycles. The van der Waals surface area contributed by atoms with E-state index in [9.17, 15) is 14.4 Å². The summed E-state index contributed by atoms with van der Waals surface area (Å²) in [6.45, 7) is 5.41. The van der Waals surface area contributed by atoms with Crippen molar-refractivity contribution in [3.8, 4) is 0 Å². The van der Waals surface area contributed by atoms with Crippen molar-refractivity contribution in [1.29, 1.82) is 0 Å². The number of nitrogens with one attached hydrogen (secondary N) is 1. The predicted octanol–water partition coefficient (Wildman–Crippen LogP) is 2.32. The molecule has 2 amide bonds. The fourth-order valence-corrected chi connectivity index (χ4v) is 4.67. The summed E-state index contributed by atoms with van der Waals surface area (Å²) in [7, 11) is 0. The Balaban J connectivity index is 1.62. The maximum absolute atomic E-state index is 12.5. The van der Waals surface area contributed by atoms with Crippen molar-refractivity contribution in [2.45, 2.75) is 50.6 Å². The van der Waals surface area contributed by atoms with Gasteiger partial charge >= 0.3 is 5.97 Å². The van der Waals surface area contributed by atoms with Crippen LogP contribution in [0.15, 0.2) is 24.3 Å². The minimum atomic E-state index is -0.929. The van der Waals surface area contributed by atoms with Crippen LogP contribution in [0, 0.1) is 6.92 Å². The molecule has 0 aromatic heterocycles. The Hall–Kier alpha value is -2.02. The summed E-state index contributed by atoms with van der Waals surface area (Å²) in [5.74, 6) is -0.415. The largest absolute Gasteiger partial charge is 0.451 e. The maximum Gasteiger partial charge on any atom is 0.330 e. The summed E-state index contributed by atoms with van der Waals surface area (Å²) in [6, 6.07) is 6.79. The molecule has 134 valence electrons. The lowest BCUT2D eigenvalue weighted by molar-refractivity contribution is -0.160. The Morgan fingerprint density at radius 2 is 2.12 bits per heavy atom. The predicted molar refractivity (Wildman–Crippen MR) is 96.1 cm³/mol. The fourth-order valence-electron chi connectivity index (χ4n) is 3.25. The van der Waals surface area contributed by atoms with E-state index in [1.165, 1.54) is 0 Å². The van der Waals surface area contributed by atoms with Crippen LogP contribution in [-0.4, -0.2) is 45.5 Å². The van der Waals surface area contributed by atoms with Gasteiger partial charge in [-0.05, 0) is 38.8 Å². The molecule has 3 atom stereocenters. The van der Waals surface area contributed by atoms with Gasteiger partial charge in [0.2, 0.25) is 5.91 Å². The van der Waals surface area contributed by atoms with Crippen molar-refractivity contribution in [3.63, 3.8) is 0 Å². The average molecular weight is 362 g/mol. The first-order valence-electron chi connectivity index (χ1n) is 8.35. The maximum atomic E-state index is 12.5. The van der Waals surface area contributed by atoms with Gasteiger partial charge in [0.05, 0.1) is 4.87 Å². The standard InChI is InChI=1S/C18H22N2O4S/c1-11-6-4-5-7-13(11)19-16(22)12(2)24-17(23)14-10-25-18(3)9-8-15(21)20(14)18/h4-7,12,14H,8-10H2,1-3H3,(H,19,22). The van der Waals surface area contributed by atoms with Gasteiger partial charge in [-0.2, -0.15) is 0 Å². The first-order chi connectivity index (χ1) is 11.8. The Bertz CT molecular complexity index is 723. The average Bonchev–Trinajstić information content (AvgIpc) is 3.06. The Morgan fingerprint density at radius 3 is 2.84 bits per heavy atom. The van der Waals surface area contributed by atoms with Crippen LogP contribution in [0.3, 0.4) is 0 Å². The molecule has 1 N–H and O–H groups in total. The number of hydrogen-bond acceptors (Lipinski definition) is 5. The molecule has 1 aromatic carbocycles. The van der Waals surface area contributed by atoms with E-state index in [-0.39, 0.29) is 16.7 Å². The SMILES string of the molecule is Cc1ccccc1NC(=O)C(C)OC(=O)C1CSC2(C)CCC(=O)N12. The van der Waals surface area contributed by atoms with E-state index in [0.717, 1.165) is 12.0 Å². The number of fused-ring (bicyclic) bond motifs is 1. The summed E-state index contributed by atoms with van der Waals surface area (Å²) < 4.78 is 5.35. The normalized spacial score (nSPS) is 26.3. The number of carbonyl (C=O) groups is 3.